The molecule has 0 fully saturated rings. The van der Waals surface area contributed by atoms with E-state index < -0.39 is 0 Å². The molecule has 4 heterocycles. The van der Waals surface area contributed by atoms with Crippen LogP contribution in [0.2, 0.25) is 0 Å². The molecule has 1 aliphatic heterocycles. The summed E-state index contributed by atoms with van der Waals surface area (Å²) in [6, 6.07) is 12.2. The largest absolute Gasteiger partial charge is 0.309 e. The zero-order chi connectivity index (χ0) is 20.7. The molecule has 0 spiro atoms. The van der Waals surface area contributed by atoms with Crippen molar-refractivity contribution < 1.29 is 4.79 Å². The highest BCUT2D eigenvalue weighted by molar-refractivity contribution is 9.10. The summed E-state index contributed by atoms with van der Waals surface area (Å²) in [5.41, 5.74) is 3.23. The van der Waals surface area contributed by atoms with Crippen LogP contribution < -0.4 is 4.90 Å². The Morgan fingerprint density at radius 1 is 1.20 bits per heavy atom. The maximum Gasteiger partial charge on any atom is 0.161 e. The average molecular weight is 477 g/mol. The number of allylic oxidation sites excluding steroid dienone is 3. The van der Waals surface area contributed by atoms with E-state index in [-0.39, 0.29) is 11.7 Å². The van der Waals surface area contributed by atoms with Crippen molar-refractivity contribution in [2.45, 2.75) is 25.2 Å². The van der Waals surface area contributed by atoms with Crippen LogP contribution in [0, 0.1) is 11.3 Å². The zero-order valence-corrected chi connectivity index (χ0v) is 18.4. The summed E-state index contributed by atoms with van der Waals surface area (Å²) in [5.74, 6) is 1.20. The molecule has 1 atom stereocenters. The Hall–Kier alpha value is -2.95. The van der Waals surface area contributed by atoms with E-state index in [2.05, 4.69) is 27.0 Å². The number of pyridine rings is 1. The Kier molecular flexibility index (Phi) is 4.89. The average Bonchev–Trinajstić information content (AvgIpc) is 3.47. The normalized spacial score (nSPS) is 19.1. The summed E-state index contributed by atoms with van der Waals surface area (Å²) in [6.07, 6.45) is 7.67. The van der Waals surface area contributed by atoms with Gasteiger partial charge in [-0.1, -0.05) is 0 Å². The Balaban J connectivity index is 1.84. The number of hydrogen-bond acceptors (Lipinski definition) is 5. The SMILES string of the molecule is N#CC1=C(n2cccc2)N(c2ccc(Br)cn2)C2=C(C(=O)CCC2)[C@@H]1c1ccsc1. The van der Waals surface area contributed by atoms with E-state index >= 15 is 0 Å². The van der Waals surface area contributed by atoms with Gasteiger partial charge < -0.3 is 4.57 Å². The number of halogens is 1. The van der Waals surface area contributed by atoms with Crippen LogP contribution in [0.3, 0.4) is 0 Å². The van der Waals surface area contributed by atoms with Gasteiger partial charge in [0.05, 0.1) is 17.6 Å². The second kappa shape index (κ2) is 7.71. The van der Waals surface area contributed by atoms with E-state index in [1.54, 1.807) is 17.5 Å². The molecular weight excluding hydrogens is 460 g/mol. The van der Waals surface area contributed by atoms with Gasteiger partial charge in [0.1, 0.15) is 11.6 Å². The highest BCUT2D eigenvalue weighted by atomic mass is 79.9. The first kappa shape index (κ1) is 19.0. The van der Waals surface area contributed by atoms with Gasteiger partial charge in [0, 0.05) is 40.8 Å². The molecule has 3 aromatic heterocycles. The van der Waals surface area contributed by atoms with Gasteiger partial charge in [0.25, 0.3) is 0 Å². The minimum absolute atomic E-state index is 0.119. The van der Waals surface area contributed by atoms with Crippen LogP contribution in [0.25, 0.3) is 5.82 Å². The number of Topliss-reactive ketones (excluding diaryl/α,β-unsaturated/α-hetero) is 1. The lowest BCUT2D eigenvalue weighted by Gasteiger charge is -2.40. The maximum atomic E-state index is 13.2. The molecule has 30 heavy (non-hydrogen) atoms. The summed E-state index contributed by atoms with van der Waals surface area (Å²) >= 11 is 5.03. The van der Waals surface area contributed by atoms with Crippen LogP contribution in [0.4, 0.5) is 5.82 Å². The molecule has 1 aliphatic carbocycles. The first-order valence-corrected chi connectivity index (χ1v) is 11.4. The van der Waals surface area contributed by atoms with Crippen molar-refractivity contribution in [1.82, 2.24) is 9.55 Å². The molecule has 148 valence electrons. The first-order chi connectivity index (χ1) is 14.7. The number of nitriles is 1. The number of anilines is 1. The summed E-state index contributed by atoms with van der Waals surface area (Å²) in [5, 5.41) is 14.3. The second-order valence-corrected chi connectivity index (χ2v) is 8.93. The van der Waals surface area contributed by atoms with E-state index in [1.165, 1.54) is 0 Å². The lowest BCUT2D eigenvalue weighted by atomic mass is 9.76. The number of nitrogens with zero attached hydrogens (tertiary/aromatic N) is 4. The standard InChI is InChI=1S/C23H17BrN4OS/c24-16-6-7-20(26-13-16)28-18-4-3-5-19(29)22(18)21(15-8-11-30-14-15)17(12-25)23(28)27-9-1-2-10-27/h1-2,6-11,13-14,21H,3-5H2/t21-/m1/s1. The Morgan fingerprint density at radius 2 is 2.03 bits per heavy atom. The van der Waals surface area contributed by atoms with Crippen molar-refractivity contribution in [3.05, 3.63) is 86.6 Å². The summed E-state index contributed by atoms with van der Waals surface area (Å²) in [7, 11) is 0. The Labute approximate surface area is 186 Å². The molecule has 0 bridgehead atoms. The van der Waals surface area contributed by atoms with E-state index in [1.807, 2.05) is 63.0 Å². The predicted octanol–water partition coefficient (Wildman–Crippen LogP) is 5.71. The van der Waals surface area contributed by atoms with Gasteiger partial charge in [-0.2, -0.15) is 16.6 Å². The van der Waals surface area contributed by atoms with Crippen molar-refractivity contribution in [2.75, 3.05) is 4.90 Å². The van der Waals surface area contributed by atoms with Gasteiger partial charge in [0.2, 0.25) is 0 Å². The molecule has 5 rings (SSSR count). The Bertz CT molecular complexity index is 1200. The van der Waals surface area contributed by atoms with Crippen LogP contribution in [0.15, 0.2) is 81.0 Å². The Morgan fingerprint density at radius 3 is 2.70 bits per heavy atom. The third kappa shape index (κ3) is 3.04. The lowest BCUT2D eigenvalue weighted by molar-refractivity contribution is -0.116. The molecule has 0 unspecified atom stereocenters. The summed E-state index contributed by atoms with van der Waals surface area (Å²) in [6.45, 7) is 0. The highest BCUT2D eigenvalue weighted by Crippen LogP contribution is 2.48. The van der Waals surface area contributed by atoms with Crippen LogP contribution in [0.1, 0.15) is 30.7 Å². The van der Waals surface area contributed by atoms with Gasteiger partial charge in [-0.05, 0) is 75.4 Å². The molecule has 0 saturated heterocycles. The number of hydrogen-bond donors (Lipinski definition) is 0. The summed E-state index contributed by atoms with van der Waals surface area (Å²) in [4.78, 5) is 19.8. The number of carbonyl (C=O) groups excluding carboxylic acids is 1. The highest BCUT2D eigenvalue weighted by Gasteiger charge is 2.42. The maximum absolute atomic E-state index is 13.2. The molecule has 3 aromatic rings. The third-order valence-electron chi connectivity index (χ3n) is 5.52. The number of ketones is 1. The minimum Gasteiger partial charge on any atom is -0.309 e. The van der Waals surface area contributed by atoms with Crippen LogP contribution in [0.5, 0.6) is 0 Å². The fourth-order valence-electron chi connectivity index (χ4n) is 4.29. The van der Waals surface area contributed by atoms with Gasteiger partial charge >= 0.3 is 0 Å². The molecule has 0 aromatic carbocycles. The molecule has 2 aliphatic rings. The van der Waals surface area contributed by atoms with E-state index in [0.717, 1.165) is 40.0 Å². The molecule has 5 nitrogen and oxygen atoms in total. The van der Waals surface area contributed by atoms with Crippen LogP contribution in [-0.2, 0) is 4.79 Å². The molecule has 0 amide bonds. The number of carbonyl (C=O) groups is 1. The van der Waals surface area contributed by atoms with E-state index in [4.69, 9.17) is 0 Å². The molecule has 0 radical (unpaired) electrons. The lowest BCUT2D eigenvalue weighted by Crippen LogP contribution is -2.37. The smallest absolute Gasteiger partial charge is 0.161 e. The van der Waals surface area contributed by atoms with Gasteiger partial charge in [-0.15, -0.1) is 0 Å². The molecule has 7 heteroatoms. The second-order valence-electron chi connectivity index (χ2n) is 7.24. The first-order valence-electron chi connectivity index (χ1n) is 9.66. The number of rotatable bonds is 3. The zero-order valence-electron chi connectivity index (χ0n) is 16.0. The fourth-order valence-corrected chi connectivity index (χ4v) is 5.21. The fraction of sp³-hybridized carbons (Fsp3) is 0.174. The van der Waals surface area contributed by atoms with E-state index in [9.17, 15) is 10.1 Å². The van der Waals surface area contributed by atoms with Crippen molar-refractivity contribution in [3.8, 4) is 6.07 Å². The van der Waals surface area contributed by atoms with Gasteiger partial charge in [-0.3, -0.25) is 9.69 Å². The number of aromatic nitrogens is 2. The van der Waals surface area contributed by atoms with Crippen molar-refractivity contribution in [3.63, 3.8) is 0 Å². The van der Waals surface area contributed by atoms with E-state index in [0.29, 0.717) is 17.8 Å². The van der Waals surface area contributed by atoms with Crippen LogP contribution in [-0.4, -0.2) is 15.3 Å². The van der Waals surface area contributed by atoms with Gasteiger partial charge in [0.15, 0.2) is 5.78 Å². The van der Waals surface area contributed by atoms with Crippen molar-refractivity contribution in [2.24, 2.45) is 0 Å². The monoisotopic (exact) mass is 476 g/mol. The minimum atomic E-state index is -0.354. The van der Waals surface area contributed by atoms with Crippen LogP contribution >= 0.6 is 27.3 Å². The third-order valence-corrected chi connectivity index (χ3v) is 6.69. The van der Waals surface area contributed by atoms with Gasteiger partial charge in [-0.25, -0.2) is 4.98 Å². The molecule has 0 saturated carbocycles. The predicted molar refractivity (Wildman–Crippen MR) is 121 cm³/mol. The van der Waals surface area contributed by atoms with Crippen molar-refractivity contribution >= 4 is 44.7 Å². The topological polar surface area (TPSA) is 61.9 Å². The quantitative estimate of drug-likeness (QED) is 0.485. The number of thiophene rings is 1. The molecular formula is C23H17BrN4OS. The molecule has 0 N–H and O–H groups in total. The summed E-state index contributed by atoms with van der Waals surface area (Å²) < 4.78 is 2.82. The van der Waals surface area contributed by atoms with Crippen molar-refractivity contribution in [1.29, 1.82) is 5.26 Å².